The Morgan fingerprint density at radius 2 is 2.16 bits per heavy atom. The van der Waals surface area contributed by atoms with Gasteiger partial charge in [-0.15, -0.1) is 0 Å². The van der Waals surface area contributed by atoms with E-state index < -0.39 is 0 Å². The lowest BCUT2D eigenvalue weighted by atomic mass is 10.2. The van der Waals surface area contributed by atoms with Crippen molar-refractivity contribution in [2.45, 2.75) is 13.5 Å². The van der Waals surface area contributed by atoms with Crippen LogP contribution < -0.4 is 3.07 Å². The Labute approximate surface area is 128 Å². The maximum atomic E-state index is 5.13. The molecule has 0 radical (unpaired) electrons. The van der Waals surface area contributed by atoms with E-state index in [9.17, 15) is 0 Å². The van der Waals surface area contributed by atoms with Gasteiger partial charge in [0, 0.05) is 0 Å². The third-order valence-corrected chi connectivity index (χ3v) is 2.68. The van der Waals surface area contributed by atoms with Crippen LogP contribution in [-0.4, -0.2) is 6.61 Å². The second-order valence-electron chi connectivity index (χ2n) is 3.79. The maximum absolute atomic E-state index is 5.13. The fraction of sp³-hybridized carbons (Fsp3) is 0.200. The number of rotatable bonds is 8. The Morgan fingerprint density at radius 3 is 2.89 bits per heavy atom. The van der Waals surface area contributed by atoms with E-state index in [1.54, 1.807) is 0 Å². The molecule has 0 aromatic heterocycles. The van der Waals surface area contributed by atoms with E-state index in [1.165, 1.54) is 0 Å². The molecule has 4 heteroatoms. The van der Waals surface area contributed by atoms with Gasteiger partial charge in [-0.3, -0.25) is 0 Å². The number of hydrogen-bond donors (Lipinski definition) is 0. The molecular weight excluding hydrogens is 355 g/mol. The topological polar surface area (TPSA) is 27.7 Å². The molecule has 102 valence electrons. The fourth-order valence-electron chi connectivity index (χ4n) is 1.26. The van der Waals surface area contributed by atoms with Gasteiger partial charge in [-0.25, -0.2) is 9.78 Å². The van der Waals surface area contributed by atoms with Gasteiger partial charge >= 0.3 is 0 Å². The van der Waals surface area contributed by atoms with Gasteiger partial charge in [-0.05, 0) is 30.2 Å². The summed E-state index contributed by atoms with van der Waals surface area (Å²) >= 11 is 1.84. The van der Waals surface area contributed by atoms with E-state index in [4.69, 9.17) is 12.8 Å². The van der Waals surface area contributed by atoms with Crippen LogP contribution in [-0.2, 0) is 16.4 Å². The molecule has 0 saturated carbocycles. The highest BCUT2D eigenvalue weighted by atomic mass is 127. The van der Waals surface area contributed by atoms with Crippen molar-refractivity contribution in [3.05, 3.63) is 66.3 Å². The first-order valence-corrected chi connectivity index (χ1v) is 6.73. The summed E-state index contributed by atoms with van der Waals surface area (Å²) in [7, 11) is 0. The smallest absolute Gasteiger partial charge is 0.192 e. The first-order chi connectivity index (χ1) is 9.26. The molecule has 0 aliphatic heterocycles. The van der Waals surface area contributed by atoms with E-state index in [0.717, 1.165) is 16.9 Å². The summed E-state index contributed by atoms with van der Waals surface area (Å²) in [6.45, 7) is 6.53. The highest BCUT2D eigenvalue weighted by Gasteiger charge is 1.97. The highest BCUT2D eigenvalue weighted by molar-refractivity contribution is 14.1. The average Bonchev–Trinajstić information content (AvgIpc) is 2.44. The summed E-state index contributed by atoms with van der Waals surface area (Å²) in [5.41, 5.74) is 1.84. The number of halogens is 1. The minimum absolute atomic E-state index is 0.344. The number of hydrogen-bond acceptors (Lipinski definition) is 3. The van der Waals surface area contributed by atoms with Crippen LogP contribution >= 0.6 is 23.0 Å². The lowest BCUT2D eigenvalue weighted by Crippen LogP contribution is -1.98. The van der Waals surface area contributed by atoms with E-state index in [0.29, 0.717) is 13.2 Å². The van der Waals surface area contributed by atoms with Crippen LogP contribution in [0.2, 0.25) is 0 Å². The highest BCUT2D eigenvalue weighted by Crippen LogP contribution is 2.16. The van der Waals surface area contributed by atoms with Crippen molar-refractivity contribution in [3.63, 3.8) is 0 Å². The van der Waals surface area contributed by atoms with Gasteiger partial charge in [0.05, 0.1) is 0 Å². The van der Waals surface area contributed by atoms with Crippen molar-refractivity contribution in [2.75, 3.05) is 6.61 Å². The van der Waals surface area contributed by atoms with Crippen molar-refractivity contribution >= 4 is 23.0 Å². The van der Waals surface area contributed by atoms with E-state index >= 15 is 0 Å². The van der Waals surface area contributed by atoms with Crippen molar-refractivity contribution < 1.29 is 12.8 Å². The monoisotopic (exact) mass is 372 g/mol. The van der Waals surface area contributed by atoms with Crippen molar-refractivity contribution in [1.82, 2.24) is 0 Å². The molecule has 0 amide bonds. The van der Waals surface area contributed by atoms with Crippen LogP contribution in [0.1, 0.15) is 12.5 Å². The van der Waals surface area contributed by atoms with Crippen LogP contribution in [0.4, 0.5) is 0 Å². The van der Waals surface area contributed by atoms with Gasteiger partial charge in [-0.1, -0.05) is 43.0 Å². The van der Waals surface area contributed by atoms with Crippen LogP contribution in [0.3, 0.4) is 0 Å². The molecule has 0 aliphatic rings. The third kappa shape index (κ3) is 7.15. The quantitative estimate of drug-likeness (QED) is 0.220. The molecule has 1 aromatic carbocycles. The summed E-state index contributed by atoms with van der Waals surface area (Å²) in [5.74, 6) is 0.792. The molecule has 0 fully saturated rings. The molecule has 1 aromatic rings. The minimum atomic E-state index is 0.344. The van der Waals surface area contributed by atoms with Crippen molar-refractivity contribution in [3.8, 4) is 5.75 Å². The third-order valence-electron chi connectivity index (χ3n) is 2.18. The molecule has 0 aliphatic carbocycles. The number of benzene rings is 1. The lowest BCUT2D eigenvalue weighted by molar-refractivity contribution is -0.297. The zero-order valence-corrected chi connectivity index (χ0v) is 13.0. The Balaban J connectivity index is 2.25. The first-order valence-electron chi connectivity index (χ1n) is 5.85. The minimum Gasteiger partial charge on any atom is -0.428 e. The normalized spacial score (nSPS) is 11.3. The van der Waals surface area contributed by atoms with Crippen molar-refractivity contribution in [2.24, 2.45) is 0 Å². The van der Waals surface area contributed by atoms with E-state index in [-0.39, 0.29) is 0 Å². The molecule has 0 N–H and O–H groups in total. The predicted octanol–water partition coefficient (Wildman–Crippen LogP) is 4.55. The summed E-state index contributed by atoms with van der Waals surface area (Å²) in [6.07, 6.45) is 7.67. The SMILES string of the molecule is C=C(/C=C\C=C/C)COOCc1cccc(OI)c1. The second kappa shape index (κ2) is 9.77. The fourth-order valence-corrected chi connectivity index (χ4v) is 1.54. The van der Waals surface area contributed by atoms with Gasteiger partial charge in [0.25, 0.3) is 0 Å². The first kappa shape index (κ1) is 15.9. The molecule has 0 saturated heterocycles. The Hall–Kier alpha value is -1.11. The summed E-state index contributed by atoms with van der Waals surface area (Å²) < 4.78 is 5.10. The van der Waals surface area contributed by atoms with Crippen LogP contribution in [0.25, 0.3) is 0 Å². The summed E-state index contributed by atoms with van der Waals surface area (Å²) in [6, 6.07) is 7.63. The average molecular weight is 372 g/mol. The Kier molecular flexibility index (Phi) is 8.20. The molecule has 1 rings (SSSR count). The van der Waals surface area contributed by atoms with Crippen molar-refractivity contribution in [1.29, 1.82) is 0 Å². The van der Waals surface area contributed by atoms with Gasteiger partial charge in [0.15, 0.2) is 23.0 Å². The molecule has 19 heavy (non-hydrogen) atoms. The van der Waals surface area contributed by atoms with Gasteiger partial charge in [0.2, 0.25) is 0 Å². The molecule has 3 nitrogen and oxygen atoms in total. The van der Waals surface area contributed by atoms with Gasteiger partial charge < -0.3 is 3.07 Å². The number of allylic oxidation sites excluding steroid dienone is 3. The van der Waals surface area contributed by atoms with Gasteiger partial charge in [0.1, 0.15) is 19.0 Å². The molecule has 0 atom stereocenters. The molecular formula is C15H17IO3. The molecule has 0 bridgehead atoms. The van der Waals surface area contributed by atoms with Gasteiger partial charge in [-0.2, -0.15) is 0 Å². The molecule has 0 unspecified atom stereocenters. The molecule has 0 heterocycles. The van der Waals surface area contributed by atoms with E-state index in [2.05, 4.69) is 6.58 Å². The summed E-state index contributed by atoms with van der Waals surface area (Å²) in [5, 5.41) is 0. The Bertz CT molecular complexity index is 452. The standard InChI is InChI=1S/C15H17IO3/c1-3-4-5-7-13(2)11-17-18-12-14-8-6-9-15(10-14)19-16/h3-10H,2,11-12H2,1H3/b4-3-,7-5-. The lowest BCUT2D eigenvalue weighted by Gasteiger charge is -2.05. The van der Waals surface area contributed by atoms with Crippen LogP contribution in [0.5, 0.6) is 5.75 Å². The van der Waals surface area contributed by atoms with E-state index in [1.807, 2.05) is 78.5 Å². The maximum Gasteiger partial charge on any atom is 0.192 e. The van der Waals surface area contributed by atoms with Crippen LogP contribution in [0, 0.1) is 0 Å². The predicted molar refractivity (Wildman–Crippen MR) is 84.9 cm³/mol. The summed E-state index contributed by atoms with van der Waals surface area (Å²) in [4.78, 5) is 10.2. The Morgan fingerprint density at radius 1 is 1.32 bits per heavy atom. The zero-order chi connectivity index (χ0) is 13.9. The molecule has 0 spiro atoms. The van der Waals surface area contributed by atoms with Crippen LogP contribution in [0.15, 0.2) is 60.7 Å². The largest absolute Gasteiger partial charge is 0.428 e. The zero-order valence-electron chi connectivity index (χ0n) is 10.8. The second-order valence-corrected chi connectivity index (χ2v) is 4.23.